The number of aryl methyl sites for hydroxylation is 1. The zero-order valence-electron chi connectivity index (χ0n) is 15.5. The molecule has 1 N–H and O–H groups in total. The van der Waals surface area contributed by atoms with E-state index in [1.165, 1.54) is 25.3 Å². The number of ether oxygens (including phenoxy) is 1. The van der Waals surface area contributed by atoms with E-state index in [2.05, 4.69) is 11.6 Å². The van der Waals surface area contributed by atoms with Gasteiger partial charge in [0, 0.05) is 17.8 Å². The molecule has 0 fully saturated rings. The summed E-state index contributed by atoms with van der Waals surface area (Å²) in [7, 11) is -2.62. The second-order valence-electron chi connectivity index (χ2n) is 5.94. The summed E-state index contributed by atoms with van der Waals surface area (Å²) >= 11 is 0. The maximum atomic E-state index is 12.9. The lowest BCUT2D eigenvalue weighted by Crippen LogP contribution is -2.36. The van der Waals surface area contributed by atoms with Crippen molar-refractivity contribution < 1.29 is 22.7 Å². The highest BCUT2D eigenvalue weighted by Crippen LogP contribution is 2.21. The van der Waals surface area contributed by atoms with E-state index in [4.69, 9.17) is 4.74 Å². The summed E-state index contributed by atoms with van der Waals surface area (Å²) < 4.78 is 31.5. The molecule has 1 aromatic heterocycles. The van der Waals surface area contributed by atoms with Gasteiger partial charge in [-0.3, -0.25) is 4.79 Å². The number of Topliss-reactive ketones (excluding diaryl/α,β-unsaturated/α-hetero) is 1. The van der Waals surface area contributed by atoms with Crippen molar-refractivity contribution in [3.8, 4) is 0 Å². The normalized spacial score (nSPS) is 11.4. The summed E-state index contributed by atoms with van der Waals surface area (Å²) in [6.45, 7) is 6.45. The number of rotatable bonds is 8. The quantitative estimate of drug-likeness (QED) is 0.424. The van der Waals surface area contributed by atoms with Gasteiger partial charge in [-0.25, -0.2) is 13.2 Å². The Kier molecular flexibility index (Phi) is 6.35. The number of carbonyl (C=O) groups excluding carboxylic acids is 2. The van der Waals surface area contributed by atoms with E-state index in [0.717, 1.165) is 4.31 Å². The maximum Gasteiger partial charge on any atom is 0.354 e. The number of H-pyrrole nitrogens is 1. The number of hydrogen-bond donors (Lipinski definition) is 1. The molecule has 0 aliphatic rings. The number of methoxy groups -OCH3 is 1. The second-order valence-corrected chi connectivity index (χ2v) is 7.88. The molecule has 0 saturated carbocycles. The van der Waals surface area contributed by atoms with Crippen molar-refractivity contribution >= 4 is 21.8 Å². The molecule has 0 spiro atoms. The predicted octanol–water partition coefficient (Wildman–Crippen LogP) is 2.48. The summed E-state index contributed by atoms with van der Waals surface area (Å²) in [5.74, 6) is -1.01. The van der Waals surface area contributed by atoms with Crippen LogP contribution >= 0.6 is 0 Å². The van der Waals surface area contributed by atoms with Crippen LogP contribution in [0.15, 0.2) is 47.9 Å². The third-order valence-corrected chi connectivity index (χ3v) is 5.97. The molecule has 0 amide bonds. The molecule has 2 rings (SSSR count). The first-order chi connectivity index (χ1) is 12.7. The van der Waals surface area contributed by atoms with Crippen LogP contribution in [0, 0.1) is 13.8 Å². The number of nitrogens with one attached hydrogen (secondary N) is 1. The lowest BCUT2D eigenvalue weighted by molar-refractivity contribution is 0.0594. The van der Waals surface area contributed by atoms with Gasteiger partial charge in [-0.15, -0.1) is 6.58 Å². The molecule has 0 radical (unpaired) electrons. The number of esters is 1. The van der Waals surface area contributed by atoms with Crippen molar-refractivity contribution in [1.29, 1.82) is 0 Å². The van der Waals surface area contributed by atoms with E-state index < -0.39 is 21.8 Å². The van der Waals surface area contributed by atoms with Crippen LogP contribution in [-0.4, -0.2) is 49.7 Å². The molecule has 144 valence electrons. The fourth-order valence-electron chi connectivity index (χ4n) is 2.85. The van der Waals surface area contributed by atoms with Gasteiger partial charge in [-0.2, -0.15) is 4.31 Å². The minimum absolute atomic E-state index is 0.0185. The van der Waals surface area contributed by atoms with Crippen molar-refractivity contribution in [2.24, 2.45) is 0 Å². The highest BCUT2D eigenvalue weighted by atomic mass is 32.2. The summed E-state index contributed by atoms with van der Waals surface area (Å²) in [4.78, 5) is 27.6. The maximum absolute atomic E-state index is 12.9. The lowest BCUT2D eigenvalue weighted by atomic mass is 10.1. The van der Waals surface area contributed by atoms with Gasteiger partial charge in [0.05, 0.1) is 18.6 Å². The number of carbonyl (C=O) groups is 2. The number of benzene rings is 1. The Morgan fingerprint density at radius 1 is 1.22 bits per heavy atom. The monoisotopic (exact) mass is 390 g/mol. The Hall–Kier alpha value is -2.71. The summed E-state index contributed by atoms with van der Waals surface area (Å²) in [6.07, 6.45) is 1.42. The molecule has 0 aliphatic heterocycles. The first kappa shape index (κ1) is 20.6. The van der Waals surface area contributed by atoms with Crippen molar-refractivity contribution in [3.05, 3.63) is 65.5 Å². The molecule has 0 saturated heterocycles. The third kappa shape index (κ3) is 4.17. The molecule has 1 heterocycles. The Balaban J connectivity index is 2.38. The minimum atomic E-state index is -3.87. The fourth-order valence-corrected chi connectivity index (χ4v) is 4.23. The van der Waals surface area contributed by atoms with Crippen LogP contribution in [0.4, 0.5) is 0 Å². The smallest absolute Gasteiger partial charge is 0.354 e. The molecule has 27 heavy (non-hydrogen) atoms. The van der Waals surface area contributed by atoms with Crippen molar-refractivity contribution in [1.82, 2.24) is 9.29 Å². The fraction of sp³-hybridized carbons (Fsp3) is 0.263. The number of nitrogens with zero attached hydrogens (tertiary/aromatic N) is 1. The van der Waals surface area contributed by atoms with Gasteiger partial charge in [0.2, 0.25) is 10.0 Å². The van der Waals surface area contributed by atoms with Gasteiger partial charge < -0.3 is 9.72 Å². The Morgan fingerprint density at radius 2 is 1.85 bits per heavy atom. The molecule has 8 heteroatoms. The minimum Gasteiger partial charge on any atom is -0.464 e. The van der Waals surface area contributed by atoms with Crippen LogP contribution in [0.3, 0.4) is 0 Å². The zero-order chi connectivity index (χ0) is 20.2. The van der Waals surface area contributed by atoms with Crippen molar-refractivity contribution in [3.63, 3.8) is 0 Å². The molecule has 0 unspecified atom stereocenters. The van der Waals surface area contributed by atoms with Crippen LogP contribution in [0.25, 0.3) is 0 Å². The van der Waals surface area contributed by atoms with E-state index in [9.17, 15) is 18.0 Å². The average Bonchev–Trinajstić information content (AvgIpc) is 2.95. The zero-order valence-corrected chi connectivity index (χ0v) is 16.3. The van der Waals surface area contributed by atoms with E-state index in [1.807, 2.05) is 0 Å². The van der Waals surface area contributed by atoms with E-state index in [1.54, 1.807) is 32.0 Å². The molecule has 7 nitrogen and oxygen atoms in total. The largest absolute Gasteiger partial charge is 0.464 e. The standard InChI is InChI=1S/C19H22N2O5S/c1-5-11-21(27(24,25)15-9-7-6-8-10-15)12-16(22)17-13(2)18(19(23)26-4)20-14(17)3/h5-10,20H,1,11-12H2,2-4H3. The predicted molar refractivity (Wildman–Crippen MR) is 101 cm³/mol. The highest BCUT2D eigenvalue weighted by Gasteiger charge is 2.29. The van der Waals surface area contributed by atoms with Crippen LogP contribution in [0.2, 0.25) is 0 Å². The van der Waals surface area contributed by atoms with Gasteiger partial charge in [-0.05, 0) is 31.5 Å². The molecular formula is C19H22N2O5S. The summed E-state index contributed by atoms with van der Waals surface area (Å²) in [5.41, 5.74) is 1.38. The van der Waals surface area contributed by atoms with Crippen LogP contribution < -0.4 is 0 Å². The Labute approximate surface area is 158 Å². The number of sulfonamides is 1. The lowest BCUT2D eigenvalue weighted by Gasteiger charge is -2.20. The van der Waals surface area contributed by atoms with E-state index in [0.29, 0.717) is 11.3 Å². The first-order valence-corrected chi connectivity index (χ1v) is 9.64. The molecule has 0 atom stereocenters. The summed E-state index contributed by atoms with van der Waals surface area (Å²) in [6, 6.07) is 7.88. The van der Waals surface area contributed by atoms with Gasteiger partial charge in [0.1, 0.15) is 5.69 Å². The topological polar surface area (TPSA) is 96.5 Å². The number of aromatic amines is 1. The summed E-state index contributed by atoms with van der Waals surface area (Å²) in [5, 5.41) is 0. The van der Waals surface area contributed by atoms with Crippen LogP contribution in [0.1, 0.15) is 32.1 Å². The average molecular weight is 390 g/mol. The van der Waals surface area contributed by atoms with Crippen LogP contribution in [-0.2, 0) is 14.8 Å². The van der Waals surface area contributed by atoms with E-state index >= 15 is 0 Å². The number of hydrogen-bond acceptors (Lipinski definition) is 5. The molecule has 1 aromatic carbocycles. The van der Waals surface area contributed by atoms with Crippen molar-refractivity contribution in [2.45, 2.75) is 18.7 Å². The third-order valence-electron chi connectivity index (χ3n) is 4.14. The van der Waals surface area contributed by atoms with Gasteiger partial charge in [0.25, 0.3) is 0 Å². The van der Waals surface area contributed by atoms with Gasteiger partial charge in [0.15, 0.2) is 5.78 Å². The van der Waals surface area contributed by atoms with Crippen LogP contribution in [0.5, 0.6) is 0 Å². The van der Waals surface area contributed by atoms with E-state index in [-0.39, 0.29) is 29.2 Å². The Morgan fingerprint density at radius 3 is 2.41 bits per heavy atom. The Bertz CT molecular complexity index is 961. The SMILES string of the molecule is C=CCN(CC(=O)c1c(C)[nH]c(C(=O)OC)c1C)S(=O)(=O)c1ccccc1. The molecule has 2 aromatic rings. The van der Waals surface area contributed by atoms with Gasteiger partial charge in [-0.1, -0.05) is 24.3 Å². The molecule has 0 aliphatic carbocycles. The first-order valence-electron chi connectivity index (χ1n) is 8.20. The second kappa shape index (κ2) is 8.32. The molecule has 0 bridgehead atoms. The van der Waals surface area contributed by atoms with Gasteiger partial charge >= 0.3 is 5.97 Å². The highest BCUT2D eigenvalue weighted by molar-refractivity contribution is 7.89. The number of ketones is 1. The molecular weight excluding hydrogens is 368 g/mol. The number of aromatic nitrogens is 1. The van der Waals surface area contributed by atoms with Crippen molar-refractivity contribution in [2.75, 3.05) is 20.2 Å².